The molecular formula is C11H16BrNO. The van der Waals surface area contributed by atoms with E-state index in [2.05, 4.69) is 22.9 Å². The van der Waals surface area contributed by atoms with Crippen LogP contribution in [-0.4, -0.2) is 6.61 Å². The van der Waals surface area contributed by atoms with Gasteiger partial charge in [0.2, 0.25) is 0 Å². The van der Waals surface area contributed by atoms with E-state index in [0.717, 1.165) is 22.2 Å². The van der Waals surface area contributed by atoms with Gasteiger partial charge in [-0.2, -0.15) is 0 Å². The van der Waals surface area contributed by atoms with Gasteiger partial charge in [0.15, 0.2) is 0 Å². The zero-order valence-corrected chi connectivity index (χ0v) is 10.2. The van der Waals surface area contributed by atoms with Crippen LogP contribution < -0.4 is 10.5 Å². The number of ether oxygens (including phenoxy) is 1. The molecule has 0 aliphatic heterocycles. The van der Waals surface area contributed by atoms with Crippen LogP contribution in [0.3, 0.4) is 0 Å². The molecule has 0 bridgehead atoms. The molecule has 0 aliphatic rings. The Hall–Kier alpha value is -0.540. The SMILES string of the molecule is CCOc1ccc([C@H](N)CC)c(Br)c1. The van der Waals surface area contributed by atoms with Crippen molar-refractivity contribution in [3.63, 3.8) is 0 Å². The van der Waals surface area contributed by atoms with Gasteiger partial charge in [-0.25, -0.2) is 0 Å². The zero-order chi connectivity index (χ0) is 10.6. The van der Waals surface area contributed by atoms with Crippen molar-refractivity contribution in [1.29, 1.82) is 0 Å². The van der Waals surface area contributed by atoms with E-state index in [1.54, 1.807) is 0 Å². The second kappa shape index (κ2) is 5.37. The number of hydrogen-bond acceptors (Lipinski definition) is 2. The van der Waals surface area contributed by atoms with E-state index in [0.29, 0.717) is 6.61 Å². The summed E-state index contributed by atoms with van der Waals surface area (Å²) in [6, 6.07) is 6.04. The second-order valence-electron chi connectivity index (χ2n) is 3.13. The fourth-order valence-electron chi connectivity index (χ4n) is 1.28. The first-order chi connectivity index (χ1) is 6.69. The minimum atomic E-state index is 0.0973. The van der Waals surface area contributed by atoms with Crippen molar-refractivity contribution >= 4 is 15.9 Å². The predicted octanol–water partition coefficient (Wildman–Crippen LogP) is 3.26. The summed E-state index contributed by atoms with van der Waals surface area (Å²) < 4.78 is 6.41. The van der Waals surface area contributed by atoms with Gasteiger partial charge in [-0.05, 0) is 31.0 Å². The van der Waals surface area contributed by atoms with Crippen LogP contribution in [0.15, 0.2) is 22.7 Å². The Balaban J connectivity index is 2.89. The Kier molecular flexibility index (Phi) is 4.42. The van der Waals surface area contributed by atoms with Crippen LogP contribution in [0.25, 0.3) is 0 Å². The third kappa shape index (κ3) is 2.72. The Bertz CT molecular complexity index is 301. The quantitative estimate of drug-likeness (QED) is 0.899. The fourth-order valence-corrected chi connectivity index (χ4v) is 1.94. The number of hydrogen-bond donors (Lipinski definition) is 1. The van der Waals surface area contributed by atoms with Crippen LogP contribution in [-0.2, 0) is 0 Å². The van der Waals surface area contributed by atoms with Crippen LogP contribution in [0.2, 0.25) is 0 Å². The van der Waals surface area contributed by atoms with Gasteiger partial charge >= 0.3 is 0 Å². The highest BCUT2D eigenvalue weighted by atomic mass is 79.9. The van der Waals surface area contributed by atoms with E-state index < -0.39 is 0 Å². The molecule has 0 saturated carbocycles. The molecule has 0 heterocycles. The van der Waals surface area contributed by atoms with Gasteiger partial charge in [-0.3, -0.25) is 0 Å². The smallest absolute Gasteiger partial charge is 0.120 e. The van der Waals surface area contributed by atoms with Gasteiger partial charge in [0, 0.05) is 10.5 Å². The fraction of sp³-hybridized carbons (Fsp3) is 0.455. The van der Waals surface area contributed by atoms with Crippen molar-refractivity contribution in [3.8, 4) is 5.75 Å². The molecule has 1 rings (SSSR count). The normalized spacial score (nSPS) is 12.6. The van der Waals surface area contributed by atoms with E-state index in [1.807, 2.05) is 25.1 Å². The number of rotatable bonds is 4. The number of nitrogens with two attached hydrogens (primary N) is 1. The first kappa shape index (κ1) is 11.5. The molecule has 0 fully saturated rings. The molecule has 2 nitrogen and oxygen atoms in total. The van der Waals surface area contributed by atoms with Crippen LogP contribution in [0, 0.1) is 0 Å². The lowest BCUT2D eigenvalue weighted by Crippen LogP contribution is -2.09. The average molecular weight is 258 g/mol. The summed E-state index contributed by atoms with van der Waals surface area (Å²) in [6.45, 7) is 4.73. The van der Waals surface area contributed by atoms with Crippen molar-refractivity contribution in [1.82, 2.24) is 0 Å². The Labute approximate surface area is 93.6 Å². The predicted molar refractivity (Wildman–Crippen MR) is 62.5 cm³/mol. The summed E-state index contributed by atoms with van der Waals surface area (Å²) >= 11 is 3.50. The standard InChI is InChI=1S/C11H16BrNO/c1-3-11(13)9-6-5-8(14-4-2)7-10(9)12/h5-7,11H,3-4,13H2,1-2H3/t11-/m1/s1. The zero-order valence-electron chi connectivity index (χ0n) is 8.59. The van der Waals surface area contributed by atoms with Gasteiger partial charge < -0.3 is 10.5 Å². The van der Waals surface area contributed by atoms with E-state index in [1.165, 1.54) is 0 Å². The largest absolute Gasteiger partial charge is 0.494 e. The molecule has 78 valence electrons. The lowest BCUT2D eigenvalue weighted by Gasteiger charge is -2.12. The van der Waals surface area contributed by atoms with E-state index in [9.17, 15) is 0 Å². The molecule has 0 unspecified atom stereocenters. The monoisotopic (exact) mass is 257 g/mol. The number of benzene rings is 1. The maximum Gasteiger partial charge on any atom is 0.120 e. The molecule has 2 N–H and O–H groups in total. The van der Waals surface area contributed by atoms with Crippen molar-refractivity contribution in [2.45, 2.75) is 26.3 Å². The molecule has 1 aromatic rings. The topological polar surface area (TPSA) is 35.2 Å². The highest BCUT2D eigenvalue weighted by Crippen LogP contribution is 2.27. The molecule has 0 spiro atoms. The first-order valence-electron chi connectivity index (χ1n) is 4.86. The van der Waals surface area contributed by atoms with E-state index >= 15 is 0 Å². The lowest BCUT2D eigenvalue weighted by atomic mass is 10.1. The maximum atomic E-state index is 5.95. The van der Waals surface area contributed by atoms with E-state index in [-0.39, 0.29) is 6.04 Å². The molecular weight excluding hydrogens is 242 g/mol. The molecule has 0 aliphatic carbocycles. The summed E-state index contributed by atoms with van der Waals surface area (Å²) in [5, 5.41) is 0. The third-order valence-electron chi connectivity index (χ3n) is 2.12. The molecule has 3 heteroatoms. The summed E-state index contributed by atoms with van der Waals surface area (Å²) in [7, 11) is 0. The van der Waals surface area contributed by atoms with Crippen LogP contribution in [0.5, 0.6) is 5.75 Å². The van der Waals surface area contributed by atoms with Gasteiger partial charge in [0.05, 0.1) is 6.61 Å². The first-order valence-corrected chi connectivity index (χ1v) is 5.66. The van der Waals surface area contributed by atoms with E-state index in [4.69, 9.17) is 10.5 Å². The Morgan fingerprint density at radius 2 is 2.14 bits per heavy atom. The lowest BCUT2D eigenvalue weighted by molar-refractivity contribution is 0.340. The highest BCUT2D eigenvalue weighted by Gasteiger charge is 2.08. The van der Waals surface area contributed by atoms with Crippen molar-refractivity contribution < 1.29 is 4.74 Å². The van der Waals surface area contributed by atoms with Crippen LogP contribution >= 0.6 is 15.9 Å². The van der Waals surface area contributed by atoms with Gasteiger partial charge in [0.1, 0.15) is 5.75 Å². The molecule has 0 aromatic heterocycles. The summed E-state index contributed by atoms with van der Waals surface area (Å²) in [5.41, 5.74) is 7.08. The van der Waals surface area contributed by atoms with Gasteiger partial charge in [-0.15, -0.1) is 0 Å². The van der Waals surface area contributed by atoms with Gasteiger partial charge in [-0.1, -0.05) is 28.9 Å². The average Bonchev–Trinajstić information content (AvgIpc) is 2.17. The third-order valence-corrected chi connectivity index (χ3v) is 2.81. The van der Waals surface area contributed by atoms with Crippen molar-refractivity contribution in [2.75, 3.05) is 6.61 Å². The maximum absolute atomic E-state index is 5.95. The van der Waals surface area contributed by atoms with Gasteiger partial charge in [0.25, 0.3) is 0 Å². The van der Waals surface area contributed by atoms with Crippen LogP contribution in [0.1, 0.15) is 31.9 Å². The summed E-state index contributed by atoms with van der Waals surface area (Å²) in [4.78, 5) is 0. The molecule has 0 saturated heterocycles. The van der Waals surface area contributed by atoms with Crippen LogP contribution in [0.4, 0.5) is 0 Å². The van der Waals surface area contributed by atoms with Crippen molar-refractivity contribution in [3.05, 3.63) is 28.2 Å². The highest BCUT2D eigenvalue weighted by molar-refractivity contribution is 9.10. The molecule has 1 atom stereocenters. The Morgan fingerprint density at radius 1 is 1.43 bits per heavy atom. The minimum Gasteiger partial charge on any atom is -0.494 e. The molecule has 0 radical (unpaired) electrons. The molecule has 0 amide bonds. The summed E-state index contributed by atoms with van der Waals surface area (Å²) in [6.07, 6.45) is 0.937. The second-order valence-corrected chi connectivity index (χ2v) is 3.99. The molecule has 1 aromatic carbocycles. The Morgan fingerprint density at radius 3 is 2.64 bits per heavy atom. The number of halogens is 1. The molecule has 14 heavy (non-hydrogen) atoms. The van der Waals surface area contributed by atoms with Crippen molar-refractivity contribution in [2.24, 2.45) is 5.73 Å². The minimum absolute atomic E-state index is 0.0973. The summed E-state index contributed by atoms with van der Waals surface area (Å²) in [5.74, 6) is 0.881.